The molecule has 14 rings (SSSR count). The van der Waals surface area contributed by atoms with Crippen molar-refractivity contribution in [3.05, 3.63) is 344 Å². The number of H-pyrrole nitrogens is 8. The highest BCUT2D eigenvalue weighted by Crippen LogP contribution is 2.25. The van der Waals surface area contributed by atoms with E-state index >= 15 is 0 Å². The number of nitrogens with one attached hydrogen (secondary N) is 8. The van der Waals surface area contributed by atoms with E-state index in [9.17, 15) is 42.7 Å². The van der Waals surface area contributed by atoms with Crippen molar-refractivity contribution >= 4 is 91.2 Å². The van der Waals surface area contributed by atoms with Crippen molar-refractivity contribution in [3.63, 3.8) is 0 Å². The average Bonchev–Trinajstić information content (AvgIpc) is 1.69. The summed E-state index contributed by atoms with van der Waals surface area (Å²) in [7, 11) is 0. The van der Waals surface area contributed by atoms with Gasteiger partial charge in [0.25, 0.3) is 0 Å². The van der Waals surface area contributed by atoms with Crippen LogP contribution in [-0.4, -0.2) is 149 Å². The number of nitrogens with zero attached hydrogens (tertiary/aromatic N) is 4. The van der Waals surface area contributed by atoms with Gasteiger partial charge in [-0.25, -0.2) is 42.7 Å². The van der Waals surface area contributed by atoms with Crippen LogP contribution in [0.25, 0.3) is 0 Å². The molecule has 33 heteroatoms. The molecule has 8 heterocycles. The number of hydrogen-bond donors (Lipinski definition) is 16. The molecule has 5 aromatic carbocycles. The van der Waals surface area contributed by atoms with E-state index in [1.54, 1.807) is 67.0 Å². The van der Waals surface area contributed by atoms with Crippen LogP contribution in [0, 0.1) is 11.7 Å². The number of fused-ring (bicyclic) bond motifs is 1. The van der Waals surface area contributed by atoms with Crippen LogP contribution < -0.4 is 4.74 Å². The predicted octanol–water partition coefficient (Wildman–Crippen LogP) is 19.2. The minimum atomic E-state index is -1.05. The van der Waals surface area contributed by atoms with E-state index in [4.69, 9.17) is 57.2 Å². The molecular weight excluding hydrogens is 1750 g/mol. The number of aromatic carboxylic acids is 8. The van der Waals surface area contributed by atoms with Crippen LogP contribution in [0.2, 0.25) is 5.02 Å². The molecule has 1 unspecified atom stereocenters. The Labute approximate surface area is 735 Å². The molecule has 1 atom stereocenters. The van der Waals surface area contributed by atoms with Gasteiger partial charge in [-0.2, -0.15) is 20.4 Å². The Morgan fingerprint density at radius 3 is 1.42 bits per heavy atom. The molecule has 13 aromatic rings. The van der Waals surface area contributed by atoms with Gasteiger partial charge in [-0.05, 0) is 268 Å². The zero-order valence-electron chi connectivity index (χ0n) is 68.6. The monoisotopic (exact) mass is 1840 g/mol. The molecule has 0 amide bonds. The Kier molecular flexibility index (Phi) is 39.9. The SMILES string of the molecule is CC(C)=CCCc1cc(C(=O)O)n[nH]1.CC(C)CCc1cc(C(=O)O)n[nH]1.CC(Cc1ccccc1)c1cc(C(=O)O)n[nH]1.O=C(O)c1cc(CCc2ccc(Cl)cc2)c(Br)[nH]1.O=C(O)c1cc(CCc2ccc(F)cc2)c[nH]1.O=C(O)c1cc(CCc2ccccc2Br)c[nH]1.O=C(O)c1cc(COc2ccccc2)[nH]n1.O=C(O)c1cc2c([nH]1)CCCC2. The van der Waals surface area contributed by atoms with Crippen molar-refractivity contribution in [1.29, 1.82) is 0 Å². The van der Waals surface area contributed by atoms with Crippen molar-refractivity contribution < 1.29 is 88.3 Å². The minimum Gasteiger partial charge on any atom is -0.487 e. The lowest BCUT2D eigenvalue weighted by molar-refractivity contribution is 0.0679. The van der Waals surface area contributed by atoms with Gasteiger partial charge in [0.05, 0.1) is 10.3 Å². The summed E-state index contributed by atoms with van der Waals surface area (Å²) in [5.74, 6) is -6.39. The molecule has 0 fully saturated rings. The number of carboxylic acid groups (broad SMARTS) is 8. The molecule has 29 nitrogen and oxygen atoms in total. The number of hydrogen-bond acceptors (Lipinski definition) is 13. The average molecular weight is 1850 g/mol. The second-order valence-corrected chi connectivity index (χ2v) is 31.1. The second kappa shape index (κ2) is 50.7. The largest absolute Gasteiger partial charge is 0.487 e. The third-order valence-corrected chi connectivity index (χ3v) is 20.3. The molecule has 0 radical (unpaired) electrons. The van der Waals surface area contributed by atoms with Crippen LogP contribution in [0.15, 0.2) is 215 Å². The van der Waals surface area contributed by atoms with Gasteiger partial charge in [-0.3, -0.25) is 20.4 Å². The van der Waals surface area contributed by atoms with E-state index < -0.39 is 47.8 Å². The number of allylic oxidation sites excluding steroid dienone is 2. The third-order valence-electron chi connectivity index (χ3n) is 18.6. The highest BCUT2D eigenvalue weighted by molar-refractivity contribution is 9.10. The van der Waals surface area contributed by atoms with E-state index in [2.05, 4.69) is 131 Å². The van der Waals surface area contributed by atoms with Crippen LogP contribution in [0.4, 0.5) is 4.39 Å². The van der Waals surface area contributed by atoms with Gasteiger partial charge < -0.3 is 65.5 Å². The summed E-state index contributed by atoms with van der Waals surface area (Å²) in [6.45, 7) is 10.7. The minimum absolute atomic E-state index is 0.00772. The third kappa shape index (κ3) is 34.9. The lowest BCUT2D eigenvalue weighted by atomic mass is 9.98. The molecule has 652 valence electrons. The van der Waals surface area contributed by atoms with E-state index in [1.165, 1.54) is 58.9 Å². The van der Waals surface area contributed by atoms with E-state index in [1.807, 2.05) is 112 Å². The lowest BCUT2D eigenvalue weighted by Crippen LogP contribution is -2.00. The Morgan fingerprint density at radius 2 is 0.919 bits per heavy atom. The molecule has 0 spiro atoms. The fourth-order valence-electron chi connectivity index (χ4n) is 11.9. The number of carboxylic acids is 8. The van der Waals surface area contributed by atoms with Gasteiger partial charge in [0.2, 0.25) is 0 Å². The van der Waals surface area contributed by atoms with Crippen molar-refractivity contribution in [1.82, 2.24) is 60.7 Å². The molecule has 1 aliphatic rings. The summed E-state index contributed by atoms with van der Waals surface area (Å²) in [6.07, 6.45) is 19.2. The van der Waals surface area contributed by atoms with Crippen molar-refractivity contribution in [2.24, 2.45) is 5.92 Å². The quantitative estimate of drug-likeness (QED) is 0.0194. The summed E-state index contributed by atoms with van der Waals surface area (Å²) in [5, 5.41) is 96.0. The zero-order chi connectivity index (χ0) is 90.2. The lowest BCUT2D eigenvalue weighted by Gasteiger charge is -2.08. The van der Waals surface area contributed by atoms with Crippen LogP contribution in [0.5, 0.6) is 5.75 Å². The first kappa shape index (κ1) is 97.7. The molecule has 0 saturated carbocycles. The number of aryl methyl sites for hydroxylation is 10. The number of aromatic nitrogens is 12. The first-order valence-electron chi connectivity index (χ1n) is 39.3. The first-order valence-corrected chi connectivity index (χ1v) is 41.3. The fourth-order valence-corrected chi connectivity index (χ4v) is 13.0. The molecule has 0 bridgehead atoms. The number of ether oxygens (including phenoxy) is 1. The molecule has 0 aliphatic heterocycles. The number of rotatable bonds is 29. The van der Waals surface area contributed by atoms with Crippen LogP contribution in [0.1, 0.15) is 223 Å². The number of halogens is 4. The van der Waals surface area contributed by atoms with Crippen molar-refractivity contribution in [3.8, 4) is 5.75 Å². The van der Waals surface area contributed by atoms with Gasteiger partial charge >= 0.3 is 47.8 Å². The number of benzene rings is 5. The smallest absolute Gasteiger partial charge is 0.356 e. The zero-order valence-corrected chi connectivity index (χ0v) is 72.5. The summed E-state index contributed by atoms with van der Waals surface area (Å²) >= 11 is 12.6. The standard InChI is InChI=1S/C13H11BrClNO2.C13H12BrNO2.C13H12FNO2.C13H14N2O2.C11H10N2O3.C10H14N2O2.C9H14N2O2.C9H11NO2/c14-12-9(7-11(16-12)13(17)18)4-1-8-2-5-10(15)6-3-8;14-11-4-2-1-3-10(11)6-5-9-7-12(13(16)17)15-8-9;14-11-5-3-9(4-6-11)1-2-10-7-12(13(16)17)15-8-10;1-9(7-10-5-3-2-4-6-10)11-8-12(13(16)17)15-14-11;14-11(15)10-6-8(12-13-10)7-16-9-4-2-1-3-5-9;1-7(2)4-3-5-8-6-9(10(13)14)12-11-8;1-6(2)3-4-7-5-8(9(12)13)11-10-7;11-9(12)8-5-6-3-1-2-4-7(6)10-8/h2-3,5-7,16H,1,4H2,(H,17,18);1-4,7-8,15H,5-6H2,(H,16,17);3-8,15H,1-2H2,(H,16,17);2-6,8-9H,7H2,1H3,(H,14,15)(H,16,17);1-6H,7H2,(H,12,13)(H,14,15);4,6H,3,5H2,1-2H3,(H,11,12)(H,13,14);5-6H,3-4H2,1-2H3,(H,10,11)(H,12,13);5,10H,1-4H2,(H,11,12). The highest BCUT2D eigenvalue weighted by Gasteiger charge is 2.19. The molecular formula is C91H98Br2ClFN12O17. The van der Waals surface area contributed by atoms with Gasteiger partial charge in [-0.15, -0.1) is 0 Å². The normalized spacial score (nSPS) is 11.1. The van der Waals surface area contributed by atoms with E-state index in [0.717, 1.165) is 148 Å². The fraction of sp³-hybridized carbons (Fsp3) is 0.253. The molecule has 16 N–H and O–H groups in total. The number of carbonyl (C=O) groups is 8. The highest BCUT2D eigenvalue weighted by atomic mass is 79.9. The first-order chi connectivity index (χ1) is 59.2. The maximum atomic E-state index is 12.7. The Morgan fingerprint density at radius 1 is 0.460 bits per heavy atom. The molecule has 1 aliphatic carbocycles. The van der Waals surface area contributed by atoms with E-state index in [-0.39, 0.29) is 58.2 Å². The number of aromatic amines is 8. The molecule has 8 aromatic heterocycles. The van der Waals surface area contributed by atoms with Gasteiger partial charge in [0.15, 0.2) is 22.8 Å². The summed E-state index contributed by atoms with van der Waals surface area (Å²) in [5.41, 5.74) is 15.6. The summed E-state index contributed by atoms with van der Waals surface area (Å²) in [6, 6.07) is 54.3. The van der Waals surface area contributed by atoms with Crippen LogP contribution in [0.3, 0.4) is 0 Å². The van der Waals surface area contributed by atoms with Gasteiger partial charge in [0, 0.05) is 50.6 Å². The molecule has 124 heavy (non-hydrogen) atoms. The Bertz CT molecular complexity index is 5570. The maximum Gasteiger partial charge on any atom is 0.356 e. The van der Waals surface area contributed by atoms with Crippen molar-refractivity contribution in [2.45, 2.75) is 143 Å². The van der Waals surface area contributed by atoms with Crippen LogP contribution in [-0.2, 0) is 77.2 Å². The van der Waals surface area contributed by atoms with E-state index in [0.29, 0.717) is 17.3 Å². The van der Waals surface area contributed by atoms with Gasteiger partial charge in [-0.1, -0.05) is 151 Å². The predicted molar refractivity (Wildman–Crippen MR) is 472 cm³/mol. The Hall–Kier alpha value is -13.5. The molecule has 0 saturated heterocycles. The summed E-state index contributed by atoms with van der Waals surface area (Å²) < 4.78 is 19.9. The maximum absolute atomic E-state index is 12.7. The second-order valence-electron chi connectivity index (χ2n) is 29.0. The van der Waals surface area contributed by atoms with Crippen LogP contribution >= 0.6 is 43.5 Å². The Balaban J connectivity index is 0.000000195. The van der Waals surface area contributed by atoms with Gasteiger partial charge in [0.1, 0.15) is 40.9 Å². The summed E-state index contributed by atoms with van der Waals surface area (Å²) in [4.78, 5) is 96.2. The number of para-hydroxylation sites is 1. The van der Waals surface area contributed by atoms with Crippen molar-refractivity contribution in [2.75, 3.05) is 0 Å². The topological polar surface area (TPSA) is 486 Å².